The van der Waals surface area contributed by atoms with Crippen molar-refractivity contribution >= 4 is 22.5 Å². The molecule has 1 atom stereocenters. The molecule has 1 aromatic rings. The normalized spacial score (nSPS) is 16.4. The topological polar surface area (TPSA) is 87.1 Å². The van der Waals surface area contributed by atoms with Gasteiger partial charge in [0.1, 0.15) is 5.01 Å². The van der Waals surface area contributed by atoms with Gasteiger partial charge in [0, 0.05) is 12.5 Å². The van der Waals surface area contributed by atoms with Gasteiger partial charge in [-0.1, -0.05) is 25.2 Å². The van der Waals surface area contributed by atoms with Crippen LogP contribution < -0.4 is 10.6 Å². The van der Waals surface area contributed by atoms with Gasteiger partial charge in [-0.3, -0.25) is 5.32 Å². The number of aromatic nitrogens is 2. The van der Waals surface area contributed by atoms with Crippen molar-refractivity contribution in [2.45, 2.75) is 45.1 Å². The lowest BCUT2D eigenvalue weighted by molar-refractivity contribution is 0.117. The molecule has 2 rings (SSSR count). The minimum absolute atomic E-state index is 0.203. The van der Waals surface area contributed by atoms with Crippen LogP contribution in [-0.2, 0) is 0 Å². The highest BCUT2D eigenvalue weighted by Crippen LogP contribution is 2.41. The number of aliphatic hydroxyl groups excluding tert-OH is 1. The number of anilines is 1. The fourth-order valence-corrected chi connectivity index (χ4v) is 2.50. The fourth-order valence-electron chi connectivity index (χ4n) is 1.59. The Morgan fingerprint density at radius 1 is 1.47 bits per heavy atom. The molecule has 2 amide bonds. The van der Waals surface area contributed by atoms with Crippen molar-refractivity contribution in [1.82, 2.24) is 15.5 Å². The van der Waals surface area contributed by atoms with Crippen LogP contribution in [0.3, 0.4) is 0 Å². The lowest BCUT2D eigenvalue weighted by Gasteiger charge is -2.14. The zero-order valence-electron chi connectivity index (χ0n) is 11.2. The maximum atomic E-state index is 11.6. The van der Waals surface area contributed by atoms with E-state index in [1.165, 1.54) is 24.2 Å². The van der Waals surface area contributed by atoms with Gasteiger partial charge in [-0.05, 0) is 25.2 Å². The zero-order valence-corrected chi connectivity index (χ0v) is 12.0. The standard InChI is InChI=1S/C12H20N4O2S/c1-7(2)9(17)5-6-13-11(18)14-12-16-15-10(19-12)8-3-4-8/h7-9,17H,3-6H2,1-2H3,(H2,13,14,16,18). The third kappa shape index (κ3) is 4.43. The highest BCUT2D eigenvalue weighted by molar-refractivity contribution is 7.15. The summed E-state index contributed by atoms with van der Waals surface area (Å²) >= 11 is 1.43. The summed E-state index contributed by atoms with van der Waals surface area (Å²) in [6.07, 6.45) is 2.51. The molecular weight excluding hydrogens is 264 g/mol. The molecule has 1 heterocycles. The molecule has 0 aromatic carbocycles. The Kier molecular flexibility index (Phi) is 4.71. The van der Waals surface area contributed by atoms with Gasteiger partial charge in [0.25, 0.3) is 0 Å². The Labute approximate surface area is 116 Å². The van der Waals surface area contributed by atoms with Crippen molar-refractivity contribution in [1.29, 1.82) is 0 Å². The lowest BCUT2D eigenvalue weighted by atomic mass is 10.0. The Morgan fingerprint density at radius 3 is 2.84 bits per heavy atom. The summed E-state index contributed by atoms with van der Waals surface area (Å²) in [4.78, 5) is 11.6. The second-order valence-electron chi connectivity index (χ2n) is 5.20. The quantitative estimate of drug-likeness (QED) is 0.745. The summed E-state index contributed by atoms with van der Waals surface area (Å²) in [6.45, 7) is 4.34. The van der Waals surface area contributed by atoms with Gasteiger partial charge in [0.2, 0.25) is 5.13 Å². The molecule has 6 nitrogen and oxygen atoms in total. The summed E-state index contributed by atoms with van der Waals surface area (Å²) in [5.41, 5.74) is 0. The third-order valence-electron chi connectivity index (χ3n) is 3.08. The predicted octanol–water partition coefficient (Wildman–Crippen LogP) is 1.94. The molecule has 1 aliphatic carbocycles. The Bertz CT molecular complexity index is 431. The molecule has 7 heteroatoms. The molecule has 1 saturated carbocycles. The van der Waals surface area contributed by atoms with Crippen molar-refractivity contribution in [2.75, 3.05) is 11.9 Å². The van der Waals surface area contributed by atoms with Crippen LogP contribution in [0.1, 0.15) is 44.0 Å². The third-order valence-corrected chi connectivity index (χ3v) is 4.08. The Balaban J connectivity index is 1.68. The largest absolute Gasteiger partial charge is 0.393 e. The molecular formula is C12H20N4O2S. The number of aliphatic hydroxyl groups is 1. The number of nitrogens with zero attached hydrogens (tertiary/aromatic N) is 2. The first kappa shape index (κ1) is 14.2. The van der Waals surface area contributed by atoms with E-state index in [0.29, 0.717) is 24.0 Å². The Morgan fingerprint density at radius 2 is 2.21 bits per heavy atom. The van der Waals surface area contributed by atoms with Gasteiger partial charge in [-0.25, -0.2) is 4.79 Å². The van der Waals surface area contributed by atoms with Crippen LogP contribution in [0, 0.1) is 5.92 Å². The van der Waals surface area contributed by atoms with E-state index >= 15 is 0 Å². The summed E-state index contributed by atoms with van der Waals surface area (Å²) < 4.78 is 0. The smallest absolute Gasteiger partial charge is 0.321 e. The summed E-state index contributed by atoms with van der Waals surface area (Å²) in [5.74, 6) is 0.756. The molecule has 0 bridgehead atoms. The number of carbonyl (C=O) groups excluding carboxylic acids is 1. The van der Waals surface area contributed by atoms with Crippen molar-refractivity contribution in [2.24, 2.45) is 5.92 Å². The number of nitrogens with one attached hydrogen (secondary N) is 2. The van der Waals surface area contributed by atoms with Gasteiger partial charge < -0.3 is 10.4 Å². The van der Waals surface area contributed by atoms with Gasteiger partial charge in [-0.15, -0.1) is 10.2 Å². The second kappa shape index (κ2) is 6.29. The van der Waals surface area contributed by atoms with Crippen LogP contribution in [0.2, 0.25) is 0 Å². The van der Waals surface area contributed by atoms with Gasteiger partial charge in [-0.2, -0.15) is 0 Å². The van der Waals surface area contributed by atoms with Gasteiger partial charge in [0.05, 0.1) is 6.10 Å². The molecule has 0 spiro atoms. The predicted molar refractivity (Wildman–Crippen MR) is 74.4 cm³/mol. The van der Waals surface area contributed by atoms with E-state index in [9.17, 15) is 9.90 Å². The van der Waals surface area contributed by atoms with Crippen LogP contribution in [0.5, 0.6) is 0 Å². The van der Waals surface area contributed by atoms with Crippen LogP contribution in [0.15, 0.2) is 0 Å². The van der Waals surface area contributed by atoms with E-state index in [1.54, 1.807) is 0 Å². The van der Waals surface area contributed by atoms with Crippen molar-refractivity contribution in [3.8, 4) is 0 Å². The first-order valence-corrected chi connectivity index (χ1v) is 7.44. The highest BCUT2D eigenvalue weighted by Gasteiger charge is 2.27. The first-order valence-electron chi connectivity index (χ1n) is 6.62. The average Bonchev–Trinajstić information content (AvgIpc) is 3.10. The fraction of sp³-hybridized carbons (Fsp3) is 0.750. The van der Waals surface area contributed by atoms with E-state index < -0.39 is 0 Å². The maximum Gasteiger partial charge on any atom is 0.321 e. The van der Waals surface area contributed by atoms with Gasteiger partial charge in [0.15, 0.2) is 0 Å². The molecule has 1 aliphatic rings. The molecule has 3 N–H and O–H groups in total. The molecule has 1 fully saturated rings. The van der Waals surface area contributed by atoms with E-state index in [2.05, 4.69) is 20.8 Å². The zero-order chi connectivity index (χ0) is 13.8. The van der Waals surface area contributed by atoms with Crippen LogP contribution in [-0.4, -0.2) is 34.0 Å². The number of urea groups is 1. The monoisotopic (exact) mass is 284 g/mol. The highest BCUT2D eigenvalue weighted by atomic mass is 32.1. The molecule has 0 radical (unpaired) electrons. The maximum absolute atomic E-state index is 11.6. The van der Waals surface area contributed by atoms with E-state index in [1.807, 2.05) is 13.8 Å². The second-order valence-corrected chi connectivity index (χ2v) is 6.21. The summed E-state index contributed by atoms with van der Waals surface area (Å²) in [7, 11) is 0. The lowest BCUT2D eigenvalue weighted by Crippen LogP contribution is -2.32. The summed E-state index contributed by atoms with van der Waals surface area (Å²) in [6, 6.07) is -0.297. The van der Waals surface area contributed by atoms with Gasteiger partial charge >= 0.3 is 6.03 Å². The molecule has 0 saturated heterocycles. The van der Waals surface area contributed by atoms with E-state index in [0.717, 1.165) is 5.01 Å². The van der Waals surface area contributed by atoms with Crippen LogP contribution in [0.25, 0.3) is 0 Å². The van der Waals surface area contributed by atoms with Crippen molar-refractivity contribution < 1.29 is 9.90 Å². The first-order chi connectivity index (χ1) is 9.06. The number of hydrogen-bond donors (Lipinski definition) is 3. The molecule has 0 aliphatic heterocycles. The minimum atomic E-state index is -0.386. The molecule has 1 aromatic heterocycles. The number of hydrogen-bond acceptors (Lipinski definition) is 5. The Hall–Kier alpha value is -1.21. The molecule has 106 valence electrons. The summed E-state index contributed by atoms with van der Waals surface area (Å²) in [5, 5.41) is 24.5. The van der Waals surface area contributed by atoms with E-state index in [4.69, 9.17) is 0 Å². The SMILES string of the molecule is CC(C)C(O)CCNC(=O)Nc1nnc(C2CC2)s1. The number of amides is 2. The number of carbonyl (C=O) groups is 1. The average molecular weight is 284 g/mol. The minimum Gasteiger partial charge on any atom is -0.393 e. The van der Waals surface area contributed by atoms with Crippen LogP contribution in [0.4, 0.5) is 9.93 Å². The van der Waals surface area contributed by atoms with E-state index in [-0.39, 0.29) is 18.1 Å². The molecule has 19 heavy (non-hydrogen) atoms. The molecule has 1 unspecified atom stereocenters. The van der Waals surface area contributed by atoms with Crippen LogP contribution >= 0.6 is 11.3 Å². The number of rotatable bonds is 6. The van der Waals surface area contributed by atoms with Crippen molar-refractivity contribution in [3.05, 3.63) is 5.01 Å². The van der Waals surface area contributed by atoms with Crippen molar-refractivity contribution in [3.63, 3.8) is 0 Å².